The first-order valence-corrected chi connectivity index (χ1v) is 5.29. The Bertz CT molecular complexity index is 494. The number of nitrogens with zero attached hydrogens (tertiary/aromatic N) is 3. The van der Waals surface area contributed by atoms with Gasteiger partial charge in [-0.1, -0.05) is 6.08 Å². The Morgan fingerprint density at radius 1 is 1.61 bits per heavy atom. The average Bonchev–Trinajstić information content (AvgIpc) is 2.37. The van der Waals surface area contributed by atoms with Crippen LogP contribution in [0.4, 0.5) is 11.4 Å². The zero-order chi connectivity index (χ0) is 13.5. The minimum absolute atomic E-state index is 0.0737. The van der Waals surface area contributed by atoms with Crippen molar-refractivity contribution in [2.24, 2.45) is 0 Å². The van der Waals surface area contributed by atoms with Gasteiger partial charge in [-0.05, 0) is 6.07 Å². The van der Waals surface area contributed by atoms with E-state index in [0.29, 0.717) is 18.8 Å². The van der Waals surface area contributed by atoms with Crippen LogP contribution in [0.1, 0.15) is 5.56 Å². The molecule has 0 aromatic heterocycles. The van der Waals surface area contributed by atoms with Crippen LogP contribution in [0.25, 0.3) is 0 Å². The Kier molecular flexibility index (Phi) is 4.84. The van der Waals surface area contributed by atoms with Crippen LogP contribution in [0, 0.1) is 21.4 Å². The number of hydrogen-bond acceptors (Lipinski definition) is 5. The standard InChI is InChI=1S/C12H13N3O3/c1-2-5-14(6-7-16)12-4-3-11(15(17)18)8-10(12)9-13/h2-4,8,16H,1,5-7H2. The maximum Gasteiger partial charge on any atom is 0.270 e. The fourth-order valence-electron chi connectivity index (χ4n) is 1.59. The van der Waals surface area contributed by atoms with Crippen molar-refractivity contribution in [1.82, 2.24) is 0 Å². The van der Waals surface area contributed by atoms with Gasteiger partial charge in [0.15, 0.2) is 0 Å². The lowest BCUT2D eigenvalue weighted by molar-refractivity contribution is -0.384. The van der Waals surface area contributed by atoms with E-state index in [9.17, 15) is 10.1 Å². The number of benzene rings is 1. The van der Waals surface area contributed by atoms with Crippen LogP contribution >= 0.6 is 0 Å². The highest BCUT2D eigenvalue weighted by Crippen LogP contribution is 2.24. The van der Waals surface area contributed by atoms with Crippen molar-refractivity contribution in [2.45, 2.75) is 0 Å². The largest absolute Gasteiger partial charge is 0.395 e. The summed E-state index contributed by atoms with van der Waals surface area (Å²) in [7, 11) is 0. The van der Waals surface area contributed by atoms with Gasteiger partial charge in [-0.25, -0.2) is 0 Å². The molecule has 1 aromatic rings. The minimum Gasteiger partial charge on any atom is -0.395 e. The lowest BCUT2D eigenvalue weighted by Crippen LogP contribution is -2.27. The number of anilines is 1. The van der Waals surface area contributed by atoms with Gasteiger partial charge in [-0.3, -0.25) is 10.1 Å². The Morgan fingerprint density at radius 2 is 2.33 bits per heavy atom. The zero-order valence-electron chi connectivity index (χ0n) is 9.74. The van der Waals surface area contributed by atoms with E-state index in [1.807, 2.05) is 6.07 Å². The molecule has 0 heterocycles. The average molecular weight is 247 g/mol. The number of aliphatic hydroxyl groups is 1. The van der Waals surface area contributed by atoms with Crippen LogP contribution in [0.2, 0.25) is 0 Å². The summed E-state index contributed by atoms with van der Waals surface area (Å²) in [5, 5.41) is 28.6. The summed E-state index contributed by atoms with van der Waals surface area (Å²) in [6.07, 6.45) is 1.64. The third-order valence-electron chi connectivity index (χ3n) is 2.37. The van der Waals surface area contributed by atoms with E-state index >= 15 is 0 Å². The molecule has 0 radical (unpaired) electrons. The zero-order valence-corrected chi connectivity index (χ0v) is 9.74. The lowest BCUT2D eigenvalue weighted by atomic mass is 10.1. The highest BCUT2D eigenvalue weighted by atomic mass is 16.6. The van der Waals surface area contributed by atoms with Gasteiger partial charge in [0.1, 0.15) is 6.07 Å². The predicted octanol–water partition coefficient (Wildman–Crippen LogP) is 1.45. The third kappa shape index (κ3) is 3.06. The van der Waals surface area contributed by atoms with Crippen molar-refractivity contribution in [2.75, 3.05) is 24.6 Å². The molecule has 0 unspecified atom stereocenters. The van der Waals surface area contributed by atoms with E-state index in [1.54, 1.807) is 11.0 Å². The van der Waals surface area contributed by atoms with Crippen molar-refractivity contribution in [3.63, 3.8) is 0 Å². The smallest absolute Gasteiger partial charge is 0.270 e. The summed E-state index contributed by atoms with van der Waals surface area (Å²) < 4.78 is 0. The molecule has 0 saturated heterocycles. The minimum atomic E-state index is -0.547. The molecule has 1 aromatic carbocycles. The summed E-state index contributed by atoms with van der Waals surface area (Å²) in [5.74, 6) is 0. The Morgan fingerprint density at radius 3 is 2.83 bits per heavy atom. The number of aliphatic hydroxyl groups excluding tert-OH is 1. The number of nitro groups is 1. The van der Waals surface area contributed by atoms with Crippen molar-refractivity contribution in [3.05, 3.63) is 46.5 Å². The fourth-order valence-corrected chi connectivity index (χ4v) is 1.59. The summed E-state index contributed by atoms with van der Waals surface area (Å²) in [5.41, 5.74) is 0.634. The number of nitro benzene ring substituents is 1. The Balaban J connectivity index is 3.18. The van der Waals surface area contributed by atoms with Crippen molar-refractivity contribution in [3.8, 4) is 6.07 Å². The van der Waals surface area contributed by atoms with E-state index in [2.05, 4.69) is 6.58 Å². The molecule has 6 nitrogen and oxygen atoms in total. The molecule has 94 valence electrons. The maximum atomic E-state index is 10.6. The second-order valence-corrected chi connectivity index (χ2v) is 3.53. The molecule has 6 heteroatoms. The lowest BCUT2D eigenvalue weighted by Gasteiger charge is -2.23. The summed E-state index contributed by atoms with van der Waals surface area (Å²) in [6.45, 7) is 4.30. The van der Waals surface area contributed by atoms with E-state index in [4.69, 9.17) is 10.4 Å². The molecule has 0 fully saturated rings. The van der Waals surface area contributed by atoms with Gasteiger partial charge in [-0.2, -0.15) is 5.26 Å². The second-order valence-electron chi connectivity index (χ2n) is 3.53. The molecule has 0 saturated carbocycles. The summed E-state index contributed by atoms with van der Waals surface area (Å²) in [6, 6.07) is 6.00. The first-order chi connectivity index (χ1) is 8.63. The third-order valence-corrected chi connectivity index (χ3v) is 2.37. The van der Waals surface area contributed by atoms with Crippen LogP contribution in [0.3, 0.4) is 0 Å². The maximum absolute atomic E-state index is 10.6. The van der Waals surface area contributed by atoms with E-state index < -0.39 is 4.92 Å². The summed E-state index contributed by atoms with van der Waals surface area (Å²) >= 11 is 0. The monoisotopic (exact) mass is 247 g/mol. The molecule has 0 aliphatic rings. The van der Waals surface area contributed by atoms with Gasteiger partial charge in [-0.15, -0.1) is 6.58 Å². The van der Waals surface area contributed by atoms with Gasteiger partial charge < -0.3 is 10.0 Å². The fraction of sp³-hybridized carbons (Fsp3) is 0.250. The molecule has 0 bridgehead atoms. The first-order valence-electron chi connectivity index (χ1n) is 5.29. The van der Waals surface area contributed by atoms with Crippen molar-refractivity contribution < 1.29 is 10.0 Å². The van der Waals surface area contributed by atoms with Gasteiger partial charge in [0.05, 0.1) is 22.8 Å². The summed E-state index contributed by atoms with van der Waals surface area (Å²) in [4.78, 5) is 11.8. The molecule has 0 spiro atoms. The van der Waals surface area contributed by atoms with Crippen LogP contribution in [-0.2, 0) is 0 Å². The topological polar surface area (TPSA) is 90.4 Å². The Labute approximate surface area is 105 Å². The van der Waals surface area contributed by atoms with Crippen molar-refractivity contribution in [1.29, 1.82) is 5.26 Å². The van der Waals surface area contributed by atoms with Crippen molar-refractivity contribution >= 4 is 11.4 Å². The Hall–Kier alpha value is -2.39. The molecule has 0 atom stereocenters. The predicted molar refractivity (Wildman–Crippen MR) is 67.3 cm³/mol. The molecular formula is C12H13N3O3. The van der Waals surface area contributed by atoms with Crippen LogP contribution in [0.15, 0.2) is 30.9 Å². The normalized spacial score (nSPS) is 9.56. The van der Waals surface area contributed by atoms with E-state index in [-0.39, 0.29) is 17.9 Å². The van der Waals surface area contributed by atoms with Crippen LogP contribution < -0.4 is 4.90 Å². The van der Waals surface area contributed by atoms with Gasteiger partial charge in [0.25, 0.3) is 5.69 Å². The number of nitriles is 1. The van der Waals surface area contributed by atoms with E-state index in [1.165, 1.54) is 18.2 Å². The molecule has 1 N–H and O–H groups in total. The van der Waals surface area contributed by atoms with Crippen LogP contribution in [-0.4, -0.2) is 29.7 Å². The van der Waals surface area contributed by atoms with Gasteiger partial charge >= 0.3 is 0 Å². The quantitative estimate of drug-likeness (QED) is 0.466. The second kappa shape index (κ2) is 6.37. The number of hydrogen-bond donors (Lipinski definition) is 1. The van der Waals surface area contributed by atoms with Gasteiger partial charge in [0.2, 0.25) is 0 Å². The first kappa shape index (κ1) is 13.7. The number of rotatable bonds is 6. The molecule has 18 heavy (non-hydrogen) atoms. The highest BCUT2D eigenvalue weighted by Gasteiger charge is 2.14. The molecular weight excluding hydrogens is 234 g/mol. The highest BCUT2D eigenvalue weighted by molar-refractivity contribution is 5.63. The van der Waals surface area contributed by atoms with E-state index in [0.717, 1.165) is 0 Å². The van der Waals surface area contributed by atoms with Crippen LogP contribution in [0.5, 0.6) is 0 Å². The molecule has 0 aliphatic carbocycles. The SMILES string of the molecule is C=CCN(CCO)c1ccc([N+](=O)[O-])cc1C#N. The molecule has 1 rings (SSSR count). The molecule has 0 aliphatic heterocycles. The number of non-ortho nitro benzene ring substituents is 1. The molecule has 0 amide bonds. The van der Waals surface area contributed by atoms with Gasteiger partial charge in [0, 0.05) is 25.2 Å².